The van der Waals surface area contributed by atoms with Crippen LogP contribution in [0.1, 0.15) is 6.92 Å². The van der Waals surface area contributed by atoms with Crippen LogP contribution in [-0.4, -0.2) is 17.3 Å². The molecule has 2 nitrogen and oxygen atoms in total. The van der Waals surface area contributed by atoms with Gasteiger partial charge in [-0.05, 0) is 22.0 Å². The predicted octanol–water partition coefficient (Wildman–Crippen LogP) is 3.17. The Hall–Kier alpha value is -0.780. The molecule has 0 aliphatic carbocycles. The Morgan fingerprint density at radius 2 is 2.14 bits per heavy atom. The van der Waals surface area contributed by atoms with Crippen LogP contribution in [0.15, 0.2) is 22.8 Å². The quantitative estimate of drug-likeness (QED) is 0.841. The molecule has 0 aliphatic rings. The maximum atomic E-state index is 13.0. The van der Waals surface area contributed by atoms with Gasteiger partial charge < -0.3 is 4.74 Å². The number of halogens is 4. The molecule has 0 spiro atoms. The average molecular weight is 270 g/mol. The molecule has 0 aliphatic heterocycles. The van der Waals surface area contributed by atoms with E-state index in [9.17, 15) is 13.2 Å². The molecule has 0 bridgehead atoms. The number of alkyl halides is 3. The molecular formula is C8H7BrF3NO. The normalized spacial score (nSPS) is 15.3. The van der Waals surface area contributed by atoms with Crippen LogP contribution in [0.4, 0.5) is 13.2 Å². The lowest BCUT2D eigenvalue weighted by Gasteiger charge is -2.19. The Kier molecular flexibility index (Phi) is 3.36. The second kappa shape index (κ2) is 4.16. The lowest BCUT2D eigenvalue weighted by molar-refractivity contribution is -0.154. The van der Waals surface area contributed by atoms with Crippen molar-refractivity contribution < 1.29 is 17.9 Å². The SMILES string of the molecule is CC(F)(Oc1ccc(Br)cn1)C(F)F. The van der Waals surface area contributed by atoms with Crippen molar-refractivity contribution in [3.63, 3.8) is 0 Å². The zero-order chi connectivity index (χ0) is 10.8. The van der Waals surface area contributed by atoms with Crippen molar-refractivity contribution in [2.24, 2.45) is 0 Å². The van der Waals surface area contributed by atoms with Crippen LogP contribution >= 0.6 is 15.9 Å². The number of rotatable bonds is 3. The molecule has 0 fully saturated rings. The van der Waals surface area contributed by atoms with Gasteiger partial charge in [-0.25, -0.2) is 13.8 Å². The molecule has 78 valence electrons. The Labute approximate surface area is 87.2 Å². The van der Waals surface area contributed by atoms with Crippen LogP contribution in [0, 0.1) is 0 Å². The van der Waals surface area contributed by atoms with E-state index in [0.29, 0.717) is 11.4 Å². The van der Waals surface area contributed by atoms with E-state index in [1.807, 2.05) is 0 Å². The Morgan fingerprint density at radius 3 is 2.57 bits per heavy atom. The van der Waals surface area contributed by atoms with E-state index in [-0.39, 0.29) is 5.88 Å². The van der Waals surface area contributed by atoms with Crippen molar-refractivity contribution in [2.75, 3.05) is 0 Å². The molecule has 0 saturated heterocycles. The highest BCUT2D eigenvalue weighted by molar-refractivity contribution is 9.10. The molecule has 0 N–H and O–H groups in total. The molecule has 1 aromatic heterocycles. The summed E-state index contributed by atoms with van der Waals surface area (Å²) in [6.45, 7) is 0.654. The third kappa shape index (κ3) is 2.87. The largest absolute Gasteiger partial charge is 0.435 e. The Balaban J connectivity index is 2.74. The fourth-order valence-electron chi connectivity index (χ4n) is 0.672. The van der Waals surface area contributed by atoms with Gasteiger partial charge in [0, 0.05) is 23.7 Å². The van der Waals surface area contributed by atoms with Crippen LogP contribution < -0.4 is 4.74 Å². The van der Waals surface area contributed by atoms with Crippen molar-refractivity contribution >= 4 is 15.9 Å². The van der Waals surface area contributed by atoms with Gasteiger partial charge in [-0.2, -0.15) is 4.39 Å². The van der Waals surface area contributed by atoms with Gasteiger partial charge in [0.05, 0.1) is 0 Å². The first kappa shape index (κ1) is 11.3. The van der Waals surface area contributed by atoms with E-state index in [0.717, 1.165) is 0 Å². The van der Waals surface area contributed by atoms with Crippen molar-refractivity contribution in [1.82, 2.24) is 4.98 Å². The minimum Gasteiger partial charge on any atom is -0.435 e. The first-order valence-corrected chi connectivity index (χ1v) is 4.49. The van der Waals surface area contributed by atoms with Gasteiger partial charge in [-0.15, -0.1) is 0 Å². The third-order valence-corrected chi connectivity index (χ3v) is 1.86. The van der Waals surface area contributed by atoms with Gasteiger partial charge in [0.15, 0.2) is 0 Å². The molecule has 1 unspecified atom stereocenters. The van der Waals surface area contributed by atoms with Gasteiger partial charge in [-0.3, -0.25) is 0 Å². The maximum Gasteiger partial charge on any atom is 0.306 e. The minimum absolute atomic E-state index is 0.182. The summed E-state index contributed by atoms with van der Waals surface area (Å²) in [6.07, 6.45) is -1.88. The van der Waals surface area contributed by atoms with Crippen LogP contribution in [0.5, 0.6) is 5.88 Å². The second-order valence-electron chi connectivity index (χ2n) is 2.70. The molecule has 1 heterocycles. The standard InChI is InChI=1S/C8H7BrF3NO/c1-8(12,7(10)11)14-6-3-2-5(9)4-13-6/h2-4,7H,1H3. The van der Waals surface area contributed by atoms with Crippen LogP contribution in [0.25, 0.3) is 0 Å². The monoisotopic (exact) mass is 269 g/mol. The van der Waals surface area contributed by atoms with E-state index < -0.39 is 12.3 Å². The second-order valence-corrected chi connectivity index (χ2v) is 3.62. The summed E-state index contributed by atoms with van der Waals surface area (Å²) in [4.78, 5) is 3.60. The molecule has 0 amide bonds. The number of hydrogen-bond donors (Lipinski definition) is 0. The van der Waals surface area contributed by atoms with Crippen LogP contribution in [-0.2, 0) is 0 Å². The number of ether oxygens (including phenoxy) is 1. The molecule has 14 heavy (non-hydrogen) atoms. The van der Waals surface area contributed by atoms with Gasteiger partial charge in [-0.1, -0.05) is 0 Å². The molecule has 6 heteroatoms. The van der Waals surface area contributed by atoms with E-state index in [4.69, 9.17) is 0 Å². The third-order valence-electron chi connectivity index (χ3n) is 1.39. The Morgan fingerprint density at radius 1 is 1.50 bits per heavy atom. The maximum absolute atomic E-state index is 13.0. The summed E-state index contributed by atoms with van der Waals surface area (Å²) in [5.74, 6) is -3.20. The van der Waals surface area contributed by atoms with Gasteiger partial charge in [0.25, 0.3) is 0 Å². The van der Waals surface area contributed by atoms with E-state index in [1.165, 1.54) is 18.3 Å². The van der Waals surface area contributed by atoms with Crippen LogP contribution in [0.2, 0.25) is 0 Å². The van der Waals surface area contributed by atoms with Gasteiger partial charge in [0.1, 0.15) is 0 Å². The lowest BCUT2D eigenvalue weighted by atomic mass is 10.4. The summed E-state index contributed by atoms with van der Waals surface area (Å²) in [7, 11) is 0. The highest BCUT2D eigenvalue weighted by Gasteiger charge is 2.37. The first-order chi connectivity index (χ1) is 6.42. The van der Waals surface area contributed by atoms with E-state index >= 15 is 0 Å². The molecule has 0 radical (unpaired) electrons. The highest BCUT2D eigenvalue weighted by atomic mass is 79.9. The van der Waals surface area contributed by atoms with Crippen molar-refractivity contribution in [2.45, 2.75) is 19.2 Å². The zero-order valence-corrected chi connectivity index (χ0v) is 8.76. The summed E-state index contributed by atoms with van der Waals surface area (Å²) < 4.78 is 42.1. The summed E-state index contributed by atoms with van der Waals surface area (Å²) >= 11 is 3.09. The van der Waals surface area contributed by atoms with Gasteiger partial charge in [0.2, 0.25) is 5.88 Å². The number of pyridine rings is 1. The molecular weight excluding hydrogens is 263 g/mol. The highest BCUT2D eigenvalue weighted by Crippen LogP contribution is 2.24. The molecule has 1 atom stereocenters. The topological polar surface area (TPSA) is 22.1 Å². The Bertz CT molecular complexity index is 302. The molecule has 0 saturated carbocycles. The van der Waals surface area contributed by atoms with Crippen molar-refractivity contribution in [1.29, 1.82) is 0 Å². The zero-order valence-electron chi connectivity index (χ0n) is 7.18. The summed E-state index contributed by atoms with van der Waals surface area (Å²) in [6, 6.07) is 2.81. The minimum atomic E-state index is -3.21. The lowest BCUT2D eigenvalue weighted by Crippen LogP contribution is -2.35. The molecule has 0 aromatic carbocycles. The number of aromatic nitrogens is 1. The first-order valence-electron chi connectivity index (χ1n) is 3.69. The van der Waals surface area contributed by atoms with Gasteiger partial charge >= 0.3 is 12.3 Å². The van der Waals surface area contributed by atoms with Crippen LogP contribution in [0.3, 0.4) is 0 Å². The average Bonchev–Trinajstić information content (AvgIpc) is 2.08. The van der Waals surface area contributed by atoms with E-state index in [2.05, 4.69) is 25.7 Å². The fourth-order valence-corrected chi connectivity index (χ4v) is 0.906. The predicted molar refractivity (Wildman–Crippen MR) is 48.1 cm³/mol. The fraction of sp³-hybridized carbons (Fsp3) is 0.375. The van der Waals surface area contributed by atoms with E-state index in [1.54, 1.807) is 0 Å². The smallest absolute Gasteiger partial charge is 0.306 e. The number of hydrogen-bond acceptors (Lipinski definition) is 2. The van der Waals surface area contributed by atoms with Crippen molar-refractivity contribution in [3.8, 4) is 5.88 Å². The molecule has 1 aromatic rings. The summed E-state index contributed by atoms with van der Waals surface area (Å²) in [5, 5.41) is 0. The van der Waals surface area contributed by atoms with Crippen molar-refractivity contribution in [3.05, 3.63) is 22.8 Å². The molecule has 1 rings (SSSR count). The summed E-state index contributed by atoms with van der Waals surface area (Å²) in [5.41, 5.74) is 0. The number of nitrogens with zero attached hydrogens (tertiary/aromatic N) is 1.